The van der Waals surface area contributed by atoms with Crippen molar-refractivity contribution in [3.63, 3.8) is 0 Å². The molecule has 146 valence electrons. The number of rotatable bonds is 9. The Kier molecular flexibility index (Phi) is 8.15. The highest BCUT2D eigenvalue weighted by molar-refractivity contribution is 5.91. The molecule has 0 saturated heterocycles. The minimum atomic E-state index is -0.107. The number of amides is 1. The third kappa shape index (κ3) is 6.20. The molecular weight excluding hydrogens is 350 g/mol. The zero-order valence-electron chi connectivity index (χ0n) is 16.7. The second-order valence-electron chi connectivity index (χ2n) is 6.39. The van der Waals surface area contributed by atoms with Crippen LogP contribution in [0.1, 0.15) is 32.4 Å². The van der Waals surface area contributed by atoms with E-state index in [4.69, 9.17) is 9.72 Å². The second-order valence-corrected chi connectivity index (χ2v) is 6.39. The van der Waals surface area contributed by atoms with Crippen molar-refractivity contribution in [3.05, 3.63) is 72.6 Å². The molecule has 1 N–H and O–H groups in total. The number of hydrogen-bond acceptors (Lipinski definition) is 4. The summed E-state index contributed by atoms with van der Waals surface area (Å²) in [6.07, 6.45) is 10.9. The van der Waals surface area contributed by atoms with E-state index in [1.54, 1.807) is 19.4 Å². The third-order valence-corrected chi connectivity index (χ3v) is 4.04. The predicted molar refractivity (Wildman–Crippen MR) is 114 cm³/mol. The first-order chi connectivity index (χ1) is 13.6. The fourth-order valence-corrected chi connectivity index (χ4v) is 2.63. The normalized spacial score (nSPS) is 11.5. The molecule has 1 aromatic heterocycles. The van der Waals surface area contributed by atoms with Gasteiger partial charge in [-0.2, -0.15) is 0 Å². The summed E-state index contributed by atoms with van der Waals surface area (Å²) in [5.41, 5.74) is 3.47. The Morgan fingerprint density at radius 3 is 2.64 bits per heavy atom. The standard InChI is InChI=1S/C23H27N3O2/c1-5-7-8-10-17(3)15-22(27)26-23-20(9-6-2)25-21(16-24-23)18-11-13-19(28-4)14-12-18/h5,7-8,10-14,16H,1,6,9,15H2,2-4H3,(H,24,26,27)/b8-7-,17-10+. The smallest absolute Gasteiger partial charge is 0.229 e. The van der Waals surface area contributed by atoms with E-state index in [0.29, 0.717) is 12.2 Å². The van der Waals surface area contributed by atoms with E-state index in [2.05, 4.69) is 23.8 Å². The number of carbonyl (C=O) groups excluding carboxylic acids is 1. The van der Waals surface area contributed by atoms with Gasteiger partial charge in [-0.15, -0.1) is 0 Å². The van der Waals surface area contributed by atoms with Crippen LogP contribution in [0.3, 0.4) is 0 Å². The molecule has 1 amide bonds. The van der Waals surface area contributed by atoms with Crippen molar-refractivity contribution in [2.75, 3.05) is 12.4 Å². The molecule has 0 fully saturated rings. The number of carbonyl (C=O) groups is 1. The predicted octanol–water partition coefficient (Wildman–Crippen LogP) is 5.12. The molecule has 1 heterocycles. The Bertz CT molecular complexity index is 868. The number of ether oxygens (including phenoxy) is 1. The molecule has 0 aliphatic rings. The number of aryl methyl sites for hydroxylation is 1. The maximum Gasteiger partial charge on any atom is 0.229 e. The van der Waals surface area contributed by atoms with Crippen molar-refractivity contribution in [2.45, 2.75) is 33.1 Å². The lowest BCUT2D eigenvalue weighted by Crippen LogP contribution is -2.15. The van der Waals surface area contributed by atoms with Crippen molar-refractivity contribution in [1.29, 1.82) is 0 Å². The van der Waals surface area contributed by atoms with Crippen molar-refractivity contribution < 1.29 is 9.53 Å². The van der Waals surface area contributed by atoms with Gasteiger partial charge >= 0.3 is 0 Å². The summed E-state index contributed by atoms with van der Waals surface area (Å²) in [5, 5.41) is 2.90. The van der Waals surface area contributed by atoms with Gasteiger partial charge in [-0.1, -0.05) is 49.8 Å². The van der Waals surface area contributed by atoms with E-state index >= 15 is 0 Å². The monoisotopic (exact) mass is 377 g/mol. The number of anilines is 1. The number of hydrogen-bond donors (Lipinski definition) is 1. The van der Waals surface area contributed by atoms with Gasteiger partial charge in [-0.25, -0.2) is 9.97 Å². The molecule has 0 radical (unpaired) electrons. The fourth-order valence-electron chi connectivity index (χ4n) is 2.63. The second kappa shape index (κ2) is 10.8. The molecule has 0 unspecified atom stereocenters. The number of nitrogens with zero attached hydrogens (tertiary/aromatic N) is 2. The molecule has 2 rings (SSSR count). The lowest BCUT2D eigenvalue weighted by atomic mass is 10.1. The molecule has 0 atom stereocenters. The first kappa shape index (κ1) is 21.1. The molecule has 5 heteroatoms. The first-order valence-corrected chi connectivity index (χ1v) is 9.32. The average Bonchev–Trinajstić information content (AvgIpc) is 2.69. The largest absolute Gasteiger partial charge is 0.497 e. The molecular formula is C23H27N3O2. The Labute approximate surface area is 166 Å². The van der Waals surface area contributed by atoms with Crippen LogP contribution in [-0.2, 0) is 11.2 Å². The number of allylic oxidation sites excluding steroid dienone is 4. The van der Waals surface area contributed by atoms with Crippen molar-refractivity contribution in [1.82, 2.24) is 9.97 Å². The van der Waals surface area contributed by atoms with E-state index in [0.717, 1.165) is 41.1 Å². The van der Waals surface area contributed by atoms with Crippen molar-refractivity contribution >= 4 is 11.7 Å². The van der Waals surface area contributed by atoms with E-state index in [9.17, 15) is 4.79 Å². The quantitative estimate of drug-likeness (QED) is 0.616. The average molecular weight is 377 g/mol. The maximum absolute atomic E-state index is 12.4. The Balaban J connectivity index is 2.17. The van der Waals surface area contributed by atoms with Gasteiger partial charge in [0.2, 0.25) is 5.91 Å². The number of nitrogens with one attached hydrogen (secondary N) is 1. The van der Waals surface area contributed by atoms with E-state index in [1.165, 1.54) is 0 Å². The van der Waals surface area contributed by atoms with E-state index < -0.39 is 0 Å². The number of benzene rings is 1. The van der Waals surface area contributed by atoms with Crippen molar-refractivity contribution in [2.24, 2.45) is 0 Å². The third-order valence-electron chi connectivity index (χ3n) is 4.04. The Morgan fingerprint density at radius 2 is 2.00 bits per heavy atom. The topological polar surface area (TPSA) is 64.1 Å². The molecule has 28 heavy (non-hydrogen) atoms. The molecule has 5 nitrogen and oxygen atoms in total. The molecule has 0 spiro atoms. The molecule has 0 aliphatic carbocycles. The van der Waals surface area contributed by atoms with E-state index in [-0.39, 0.29) is 5.91 Å². The van der Waals surface area contributed by atoms with Gasteiger partial charge in [0, 0.05) is 12.0 Å². The van der Waals surface area contributed by atoms with Crippen LogP contribution < -0.4 is 10.1 Å². The molecule has 0 saturated carbocycles. The van der Waals surface area contributed by atoms with Crippen LogP contribution in [0.15, 0.2) is 66.9 Å². The van der Waals surface area contributed by atoms with Crippen LogP contribution in [0.4, 0.5) is 5.82 Å². The summed E-state index contributed by atoms with van der Waals surface area (Å²) >= 11 is 0. The van der Waals surface area contributed by atoms with Gasteiger partial charge in [0.25, 0.3) is 0 Å². The lowest BCUT2D eigenvalue weighted by Gasteiger charge is -2.11. The van der Waals surface area contributed by atoms with Gasteiger partial charge in [0.05, 0.1) is 24.7 Å². The van der Waals surface area contributed by atoms with Gasteiger partial charge < -0.3 is 10.1 Å². The minimum absolute atomic E-state index is 0.107. The van der Waals surface area contributed by atoms with Crippen LogP contribution in [0.5, 0.6) is 5.75 Å². The van der Waals surface area contributed by atoms with Crippen LogP contribution in [-0.4, -0.2) is 23.0 Å². The molecule has 0 bridgehead atoms. The van der Waals surface area contributed by atoms with Crippen LogP contribution in [0.25, 0.3) is 11.3 Å². The first-order valence-electron chi connectivity index (χ1n) is 9.32. The summed E-state index contributed by atoms with van der Waals surface area (Å²) in [6, 6.07) is 7.67. The van der Waals surface area contributed by atoms with Gasteiger partial charge in [-0.05, 0) is 37.6 Å². The highest BCUT2D eigenvalue weighted by Gasteiger charge is 2.12. The van der Waals surface area contributed by atoms with Gasteiger partial charge in [-0.3, -0.25) is 4.79 Å². The maximum atomic E-state index is 12.4. The zero-order valence-corrected chi connectivity index (χ0v) is 16.7. The van der Waals surface area contributed by atoms with Gasteiger partial charge in [0.15, 0.2) is 5.82 Å². The summed E-state index contributed by atoms with van der Waals surface area (Å²) in [4.78, 5) is 21.6. The van der Waals surface area contributed by atoms with Crippen LogP contribution in [0.2, 0.25) is 0 Å². The summed E-state index contributed by atoms with van der Waals surface area (Å²) in [6.45, 7) is 7.61. The summed E-state index contributed by atoms with van der Waals surface area (Å²) in [5.74, 6) is 1.21. The van der Waals surface area contributed by atoms with Crippen LogP contribution in [0, 0.1) is 0 Å². The highest BCUT2D eigenvalue weighted by Crippen LogP contribution is 2.23. The van der Waals surface area contributed by atoms with Crippen LogP contribution >= 0.6 is 0 Å². The molecule has 1 aromatic carbocycles. The number of methoxy groups -OCH3 is 1. The lowest BCUT2D eigenvalue weighted by molar-refractivity contribution is -0.115. The highest BCUT2D eigenvalue weighted by atomic mass is 16.5. The van der Waals surface area contributed by atoms with E-state index in [1.807, 2.05) is 49.4 Å². The minimum Gasteiger partial charge on any atom is -0.497 e. The summed E-state index contributed by atoms with van der Waals surface area (Å²) < 4.78 is 5.20. The van der Waals surface area contributed by atoms with Gasteiger partial charge in [0.1, 0.15) is 5.75 Å². The summed E-state index contributed by atoms with van der Waals surface area (Å²) in [7, 11) is 1.64. The molecule has 0 aliphatic heterocycles. The fraction of sp³-hybridized carbons (Fsp3) is 0.261. The van der Waals surface area contributed by atoms with Crippen molar-refractivity contribution in [3.8, 4) is 17.0 Å². The zero-order chi connectivity index (χ0) is 20.4. The number of aromatic nitrogens is 2. The molecule has 2 aromatic rings. The SMILES string of the molecule is C=C/C=C\C=C(/C)CC(=O)Nc1ncc(-c2ccc(OC)cc2)nc1CCC. The Hall–Kier alpha value is -3.21. The Morgan fingerprint density at radius 1 is 1.25 bits per heavy atom.